The lowest BCUT2D eigenvalue weighted by Crippen LogP contribution is -2.46. The van der Waals surface area contributed by atoms with Crippen LogP contribution >= 0.6 is 0 Å². The third kappa shape index (κ3) is 41.0. The molecule has 0 amide bonds. The first-order valence-electron chi connectivity index (χ1n) is 30.3. The Morgan fingerprint density at radius 3 is 0.971 bits per heavy atom. The first-order valence-corrected chi connectivity index (χ1v) is 30.3. The van der Waals surface area contributed by atoms with E-state index >= 15 is 0 Å². The first-order chi connectivity index (χ1) is 33.4. The van der Waals surface area contributed by atoms with Gasteiger partial charge in [0.05, 0.1) is 6.61 Å². The fraction of sp³-hybridized carbons (Fsp3) is 0.950. The van der Waals surface area contributed by atoms with Gasteiger partial charge in [0.25, 0.3) is 0 Å². The number of unbranched alkanes of at least 4 members (excludes halogenated alkanes) is 42. The fourth-order valence-electron chi connectivity index (χ4n) is 9.89. The van der Waals surface area contributed by atoms with E-state index in [1.165, 1.54) is 231 Å². The minimum absolute atomic E-state index is 0.0399. The van der Waals surface area contributed by atoms with Gasteiger partial charge in [-0.25, -0.2) is 0 Å². The van der Waals surface area contributed by atoms with Crippen molar-refractivity contribution in [2.75, 3.05) is 13.2 Å². The molecule has 0 aromatic heterocycles. The molecule has 0 aromatic rings. The Kier molecular flexibility index (Phi) is 47.6. The van der Waals surface area contributed by atoms with Gasteiger partial charge in [0.1, 0.15) is 18.8 Å². The monoisotopic (exact) mass is 963 g/mol. The van der Waals surface area contributed by atoms with E-state index in [4.69, 9.17) is 18.9 Å². The normalized spacial score (nSPS) is 16.3. The molecule has 1 heterocycles. The molecule has 8 heteroatoms. The number of hydrogen-bond acceptors (Lipinski definition) is 8. The van der Waals surface area contributed by atoms with Crippen LogP contribution in [0.4, 0.5) is 0 Å². The van der Waals surface area contributed by atoms with Crippen molar-refractivity contribution in [1.82, 2.24) is 0 Å². The van der Waals surface area contributed by atoms with Gasteiger partial charge in [0.15, 0.2) is 12.2 Å². The van der Waals surface area contributed by atoms with E-state index in [-0.39, 0.29) is 44.0 Å². The largest absolute Gasteiger partial charge is 0.462 e. The van der Waals surface area contributed by atoms with Gasteiger partial charge in [-0.15, -0.1) is 0 Å². The van der Waals surface area contributed by atoms with Crippen molar-refractivity contribution < 1.29 is 38.4 Å². The van der Waals surface area contributed by atoms with Gasteiger partial charge in [-0.3, -0.25) is 14.4 Å². The van der Waals surface area contributed by atoms with E-state index in [2.05, 4.69) is 20.8 Å². The van der Waals surface area contributed by atoms with E-state index in [1.807, 2.05) is 0 Å². The smallest absolute Gasteiger partial charge is 0.306 e. The van der Waals surface area contributed by atoms with Crippen LogP contribution in [0.2, 0.25) is 0 Å². The van der Waals surface area contributed by atoms with Crippen molar-refractivity contribution in [1.29, 1.82) is 0 Å². The summed E-state index contributed by atoms with van der Waals surface area (Å²) in [6.45, 7) is 6.58. The molecule has 1 saturated heterocycles. The maximum Gasteiger partial charge on any atom is 0.306 e. The summed E-state index contributed by atoms with van der Waals surface area (Å²) in [7, 11) is 0. The minimum Gasteiger partial charge on any atom is -0.462 e. The van der Waals surface area contributed by atoms with Gasteiger partial charge < -0.3 is 24.1 Å². The van der Waals surface area contributed by atoms with Crippen LogP contribution in [0.25, 0.3) is 0 Å². The standard InChI is InChI=1S/C60H114O8/c1-4-7-10-13-16-19-22-25-28-31-34-37-40-43-46-49-56(62)65-53-55(67-57(63)50-47-44-41-38-35-32-29-26-23-20-17-14-11-8-5-2)60-59(54(61)52-66-60)68-58(64)51-48-45-42-39-36-33-30-27-24-21-18-15-12-9-6-3/h54-55,59-61H,4-53H2,1-3H3/t54-,55-,59+,60-/m1/s1. The number of hydrogen-bond donors (Lipinski definition) is 1. The van der Waals surface area contributed by atoms with Crippen molar-refractivity contribution in [2.45, 2.75) is 353 Å². The molecule has 1 fully saturated rings. The zero-order valence-corrected chi connectivity index (χ0v) is 45.5. The van der Waals surface area contributed by atoms with Crippen LogP contribution in [0.3, 0.4) is 0 Å². The highest BCUT2D eigenvalue weighted by Crippen LogP contribution is 2.26. The third-order valence-corrected chi connectivity index (χ3v) is 14.4. The van der Waals surface area contributed by atoms with Crippen LogP contribution in [-0.2, 0) is 33.3 Å². The molecule has 68 heavy (non-hydrogen) atoms. The van der Waals surface area contributed by atoms with Crippen LogP contribution in [0, 0.1) is 0 Å². The van der Waals surface area contributed by atoms with Crippen molar-refractivity contribution in [2.24, 2.45) is 0 Å². The molecular formula is C60H114O8. The van der Waals surface area contributed by atoms with Crippen LogP contribution < -0.4 is 0 Å². The molecule has 402 valence electrons. The zero-order valence-electron chi connectivity index (χ0n) is 45.5. The van der Waals surface area contributed by atoms with E-state index < -0.39 is 24.4 Å². The van der Waals surface area contributed by atoms with Crippen molar-refractivity contribution in [3.05, 3.63) is 0 Å². The second-order valence-electron chi connectivity index (χ2n) is 21.1. The predicted octanol–water partition coefficient (Wildman–Crippen LogP) is 17.9. The lowest BCUT2D eigenvalue weighted by Gasteiger charge is -2.28. The van der Waals surface area contributed by atoms with Gasteiger partial charge in [0.2, 0.25) is 0 Å². The Morgan fingerprint density at radius 1 is 0.397 bits per heavy atom. The Morgan fingerprint density at radius 2 is 0.662 bits per heavy atom. The van der Waals surface area contributed by atoms with Gasteiger partial charge >= 0.3 is 17.9 Å². The average molecular weight is 964 g/mol. The summed E-state index contributed by atoms with van der Waals surface area (Å²) in [6, 6.07) is 0. The Balaban J connectivity index is 2.45. The van der Waals surface area contributed by atoms with Crippen LogP contribution in [0.1, 0.15) is 329 Å². The minimum atomic E-state index is -1.04. The summed E-state index contributed by atoms with van der Waals surface area (Å²) in [6.07, 6.45) is 53.4. The third-order valence-electron chi connectivity index (χ3n) is 14.4. The molecule has 1 rings (SSSR count). The van der Waals surface area contributed by atoms with E-state index in [1.54, 1.807) is 0 Å². The molecule has 1 aliphatic rings. The summed E-state index contributed by atoms with van der Waals surface area (Å²) in [5.41, 5.74) is 0. The second kappa shape index (κ2) is 50.3. The highest BCUT2D eigenvalue weighted by Gasteiger charge is 2.46. The van der Waals surface area contributed by atoms with E-state index in [0.29, 0.717) is 6.42 Å². The van der Waals surface area contributed by atoms with Gasteiger partial charge in [-0.2, -0.15) is 0 Å². The van der Waals surface area contributed by atoms with Gasteiger partial charge in [-0.1, -0.05) is 290 Å². The highest BCUT2D eigenvalue weighted by molar-refractivity contribution is 5.71. The molecular weight excluding hydrogens is 849 g/mol. The van der Waals surface area contributed by atoms with Crippen LogP contribution in [-0.4, -0.2) is 60.6 Å². The molecule has 0 radical (unpaired) electrons. The lowest BCUT2D eigenvalue weighted by molar-refractivity contribution is -0.177. The Labute approximate surface area is 421 Å². The molecule has 0 aromatic carbocycles. The summed E-state index contributed by atoms with van der Waals surface area (Å²) in [5.74, 6) is -1.09. The summed E-state index contributed by atoms with van der Waals surface area (Å²) >= 11 is 0. The predicted molar refractivity (Wildman–Crippen MR) is 285 cm³/mol. The van der Waals surface area contributed by atoms with Crippen molar-refractivity contribution >= 4 is 17.9 Å². The molecule has 1 N–H and O–H groups in total. The number of aliphatic hydroxyl groups is 1. The molecule has 4 atom stereocenters. The number of esters is 3. The summed E-state index contributed by atoms with van der Waals surface area (Å²) in [5, 5.41) is 10.9. The quantitative estimate of drug-likeness (QED) is 0.0365. The van der Waals surface area contributed by atoms with E-state index in [0.717, 1.165) is 57.8 Å². The SMILES string of the molecule is CCCCCCCCCCCCCCCCCC(=O)OC[C@@H](OC(=O)CCCCCCCCCCCCCCCCC)[C@H]1OC[C@@H](O)[C@@H]1OC(=O)CCCCCCCCCCCCCCCCC. The van der Waals surface area contributed by atoms with Crippen LogP contribution in [0.5, 0.6) is 0 Å². The van der Waals surface area contributed by atoms with Gasteiger partial charge in [0, 0.05) is 19.3 Å². The second-order valence-corrected chi connectivity index (χ2v) is 21.1. The number of carbonyl (C=O) groups is 3. The lowest BCUT2D eigenvalue weighted by atomic mass is 10.0. The zero-order chi connectivity index (χ0) is 49.2. The van der Waals surface area contributed by atoms with Gasteiger partial charge in [-0.05, 0) is 19.3 Å². The summed E-state index contributed by atoms with van der Waals surface area (Å²) < 4.78 is 23.4. The number of ether oxygens (including phenoxy) is 4. The number of aliphatic hydroxyl groups excluding tert-OH is 1. The van der Waals surface area contributed by atoms with E-state index in [9.17, 15) is 19.5 Å². The van der Waals surface area contributed by atoms with Crippen molar-refractivity contribution in [3.63, 3.8) is 0 Å². The average Bonchev–Trinajstić information content (AvgIpc) is 3.69. The molecule has 0 bridgehead atoms. The molecule has 1 aliphatic heterocycles. The number of carbonyl (C=O) groups excluding carboxylic acids is 3. The Bertz CT molecular complexity index is 1100. The summed E-state index contributed by atoms with van der Waals surface area (Å²) in [4.78, 5) is 39.2. The topological polar surface area (TPSA) is 108 Å². The molecule has 0 unspecified atom stereocenters. The number of rotatable bonds is 53. The Hall–Kier alpha value is -1.67. The van der Waals surface area contributed by atoms with Crippen molar-refractivity contribution in [3.8, 4) is 0 Å². The first kappa shape index (κ1) is 64.3. The molecule has 0 spiro atoms. The maximum absolute atomic E-state index is 13.2. The maximum atomic E-state index is 13.2. The fourth-order valence-corrected chi connectivity index (χ4v) is 9.89. The molecule has 8 nitrogen and oxygen atoms in total. The van der Waals surface area contributed by atoms with Crippen LogP contribution in [0.15, 0.2) is 0 Å². The molecule has 0 saturated carbocycles. The molecule has 0 aliphatic carbocycles. The highest BCUT2D eigenvalue weighted by atomic mass is 16.6.